The second kappa shape index (κ2) is 5.42. The molecule has 128 valence electrons. The van der Waals surface area contributed by atoms with Crippen molar-refractivity contribution in [2.45, 2.75) is 71.5 Å². The first-order chi connectivity index (χ1) is 11.0. The topological polar surface area (TPSA) is 35.5 Å². The van der Waals surface area contributed by atoms with Gasteiger partial charge >= 0.3 is 0 Å². The van der Waals surface area contributed by atoms with Crippen molar-refractivity contribution < 1.29 is 14.3 Å². The average molecular weight is 318 g/mol. The number of carbonyl (C=O) groups is 1. The summed E-state index contributed by atoms with van der Waals surface area (Å²) in [7, 11) is 0. The van der Waals surface area contributed by atoms with Gasteiger partial charge in [0.05, 0.1) is 19.1 Å². The molecular weight excluding hydrogens is 288 g/mol. The lowest BCUT2D eigenvalue weighted by Crippen LogP contribution is -2.45. The van der Waals surface area contributed by atoms with Gasteiger partial charge in [-0.1, -0.05) is 26.3 Å². The van der Waals surface area contributed by atoms with E-state index < -0.39 is 5.79 Å². The maximum absolute atomic E-state index is 13.6. The molecule has 1 saturated carbocycles. The minimum Gasteiger partial charge on any atom is -0.347 e. The van der Waals surface area contributed by atoms with Crippen LogP contribution in [-0.4, -0.2) is 24.8 Å². The largest absolute Gasteiger partial charge is 0.347 e. The Morgan fingerprint density at radius 3 is 2.48 bits per heavy atom. The summed E-state index contributed by atoms with van der Waals surface area (Å²) < 4.78 is 12.3. The highest BCUT2D eigenvalue weighted by molar-refractivity contribution is 6.00. The van der Waals surface area contributed by atoms with Crippen LogP contribution in [0.25, 0.3) is 0 Å². The number of allylic oxidation sites excluding steroid dienone is 2. The van der Waals surface area contributed by atoms with Crippen LogP contribution in [0.5, 0.6) is 0 Å². The minimum absolute atomic E-state index is 0.00687. The molecule has 0 unspecified atom stereocenters. The van der Waals surface area contributed by atoms with Gasteiger partial charge in [-0.2, -0.15) is 0 Å². The lowest BCUT2D eigenvalue weighted by atomic mass is 9.66. The maximum atomic E-state index is 13.6. The molecule has 0 aromatic heterocycles. The fourth-order valence-corrected chi connectivity index (χ4v) is 6.09. The van der Waals surface area contributed by atoms with Gasteiger partial charge in [0, 0.05) is 6.42 Å². The van der Waals surface area contributed by atoms with Gasteiger partial charge in [-0.15, -0.1) is 0 Å². The second-order valence-electron chi connectivity index (χ2n) is 8.66. The van der Waals surface area contributed by atoms with Crippen LogP contribution < -0.4 is 0 Å². The maximum Gasteiger partial charge on any atom is 0.179 e. The summed E-state index contributed by atoms with van der Waals surface area (Å²) in [5.74, 6) is 0.675. The Morgan fingerprint density at radius 1 is 1.09 bits per heavy atom. The zero-order chi connectivity index (χ0) is 16.2. The summed E-state index contributed by atoms with van der Waals surface area (Å²) in [6, 6.07) is 0. The van der Waals surface area contributed by atoms with E-state index in [0.717, 1.165) is 44.1 Å². The molecule has 0 bridgehead atoms. The third-order valence-electron chi connectivity index (χ3n) is 7.14. The van der Waals surface area contributed by atoms with E-state index in [-0.39, 0.29) is 11.3 Å². The molecule has 1 heterocycles. The summed E-state index contributed by atoms with van der Waals surface area (Å²) in [6.45, 7) is 8.21. The minimum atomic E-state index is -0.638. The SMILES string of the molecule is CC(C)[C@H]1CC2(OCCO2)[C@@H]2C(=O)C3=C(CCCC3)CC[C@]12C. The number of carbonyl (C=O) groups excluding carboxylic acids is 1. The molecule has 0 amide bonds. The number of hydrogen-bond donors (Lipinski definition) is 0. The molecular formula is C20H30O3. The zero-order valence-electron chi connectivity index (χ0n) is 14.8. The number of rotatable bonds is 1. The van der Waals surface area contributed by atoms with E-state index in [0.29, 0.717) is 30.8 Å². The standard InChI is InChI=1S/C20H30O3/c1-13(2)16-12-20(22-10-11-23-20)18-17(21)15-7-5-4-6-14(15)8-9-19(16,18)3/h13,16,18H,4-12H2,1-3H3/t16-,18-,19-/m1/s1. The first-order valence-electron chi connectivity index (χ1n) is 9.51. The van der Waals surface area contributed by atoms with Crippen LogP contribution in [-0.2, 0) is 14.3 Å². The Kier molecular flexibility index (Phi) is 3.73. The van der Waals surface area contributed by atoms with Crippen molar-refractivity contribution in [2.75, 3.05) is 13.2 Å². The number of ether oxygens (including phenoxy) is 2. The molecule has 2 fully saturated rings. The van der Waals surface area contributed by atoms with Crippen LogP contribution in [0.4, 0.5) is 0 Å². The highest BCUT2D eigenvalue weighted by Gasteiger charge is 2.66. The first-order valence-corrected chi connectivity index (χ1v) is 9.51. The predicted molar refractivity (Wildman–Crippen MR) is 88.9 cm³/mol. The van der Waals surface area contributed by atoms with Gasteiger partial charge < -0.3 is 9.47 Å². The third kappa shape index (κ3) is 2.19. The fraction of sp³-hybridized carbons (Fsp3) is 0.850. The van der Waals surface area contributed by atoms with Crippen molar-refractivity contribution in [1.29, 1.82) is 0 Å². The van der Waals surface area contributed by atoms with Crippen LogP contribution in [0.1, 0.15) is 65.7 Å². The quantitative estimate of drug-likeness (QED) is 0.724. The zero-order valence-corrected chi connectivity index (χ0v) is 14.8. The summed E-state index contributed by atoms with van der Waals surface area (Å²) in [4.78, 5) is 13.6. The van der Waals surface area contributed by atoms with Gasteiger partial charge in [0.15, 0.2) is 11.6 Å². The number of hydrogen-bond acceptors (Lipinski definition) is 3. The van der Waals surface area contributed by atoms with Gasteiger partial charge in [-0.25, -0.2) is 0 Å². The molecule has 3 heteroatoms. The van der Waals surface area contributed by atoms with Gasteiger partial charge in [0.2, 0.25) is 0 Å². The van der Waals surface area contributed by atoms with Crippen molar-refractivity contribution in [1.82, 2.24) is 0 Å². The number of ketones is 1. The van der Waals surface area contributed by atoms with Crippen LogP contribution in [0.2, 0.25) is 0 Å². The molecule has 0 radical (unpaired) electrons. The molecule has 0 N–H and O–H groups in total. The Morgan fingerprint density at radius 2 is 1.78 bits per heavy atom. The Bertz CT molecular complexity index is 541. The molecule has 0 aromatic carbocycles. The van der Waals surface area contributed by atoms with Gasteiger partial charge in [0.1, 0.15) is 0 Å². The van der Waals surface area contributed by atoms with Gasteiger partial charge in [-0.3, -0.25) is 4.79 Å². The predicted octanol–water partition coefficient (Wildman–Crippen LogP) is 4.26. The number of fused-ring (bicyclic) bond motifs is 2. The van der Waals surface area contributed by atoms with E-state index in [1.54, 1.807) is 0 Å². The molecule has 4 rings (SSSR count). The Labute approximate surface area is 139 Å². The van der Waals surface area contributed by atoms with Crippen LogP contribution >= 0.6 is 0 Å². The van der Waals surface area contributed by atoms with Crippen molar-refractivity contribution in [3.63, 3.8) is 0 Å². The van der Waals surface area contributed by atoms with Crippen LogP contribution in [0.3, 0.4) is 0 Å². The molecule has 4 aliphatic rings. The van der Waals surface area contributed by atoms with Crippen molar-refractivity contribution in [2.24, 2.45) is 23.2 Å². The van der Waals surface area contributed by atoms with Gasteiger partial charge in [0.25, 0.3) is 0 Å². The smallest absolute Gasteiger partial charge is 0.179 e. The molecule has 3 aliphatic carbocycles. The van der Waals surface area contributed by atoms with Crippen LogP contribution in [0.15, 0.2) is 11.1 Å². The molecule has 3 atom stereocenters. The summed E-state index contributed by atoms with van der Waals surface area (Å²) in [5, 5.41) is 0. The molecule has 1 aliphatic heterocycles. The normalized spacial score (nSPS) is 39.7. The molecule has 3 nitrogen and oxygen atoms in total. The lowest BCUT2D eigenvalue weighted by molar-refractivity contribution is -0.193. The molecule has 1 saturated heterocycles. The highest BCUT2D eigenvalue weighted by Crippen LogP contribution is 2.63. The van der Waals surface area contributed by atoms with Crippen molar-refractivity contribution in [3.8, 4) is 0 Å². The second-order valence-corrected chi connectivity index (χ2v) is 8.66. The summed E-state index contributed by atoms with van der Waals surface area (Å²) >= 11 is 0. The average Bonchev–Trinajstić information content (AvgIpc) is 3.06. The van der Waals surface area contributed by atoms with E-state index >= 15 is 0 Å². The molecule has 0 aromatic rings. The van der Waals surface area contributed by atoms with E-state index in [1.807, 2.05) is 0 Å². The first kappa shape index (κ1) is 15.8. The van der Waals surface area contributed by atoms with Crippen molar-refractivity contribution >= 4 is 5.78 Å². The van der Waals surface area contributed by atoms with E-state index in [1.165, 1.54) is 12.0 Å². The van der Waals surface area contributed by atoms with E-state index in [2.05, 4.69) is 20.8 Å². The fourth-order valence-electron chi connectivity index (χ4n) is 6.09. The van der Waals surface area contributed by atoms with Crippen molar-refractivity contribution in [3.05, 3.63) is 11.1 Å². The Balaban J connectivity index is 1.81. The lowest BCUT2D eigenvalue weighted by Gasteiger charge is -2.39. The van der Waals surface area contributed by atoms with E-state index in [9.17, 15) is 4.79 Å². The van der Waals surface area contributed by atoms with E-state index in [4.69, 9.17) is 9.47 Å². The monoisotopic (exact) mass is 318 g/mol. The molecule has 1 spiro atoms. The summed E-state index contributed by atoms with van der Waals surface area (Å²) in [6.07, 6.45) is 7.62. The van der Waals surface area contributed by atoms with Crippen LogP contribution in [0, 0.1) is 23.2 Å². The number of Topliss-reactive ketones (excluding diaryl/α,β-unsaturated/α-hetero) is 1. The third-order valence-corrected chi connectivity index (χ3v) is 7.14. The summed E-state index contributed by atoms with van der Waals surface area (Å²) in [5.41, 5.74) is 2.60. The Hall–Kier alpha value is -0.670. The highest BCUT2D eigenvalue weighted by atomic mass is 16.7. The van der Waals surface area contributed by atoms with Gasteiger partial charge in [-0.05, 0) is 61.3 Å². The molecule has 23 heavy (non-hydrogen) atoms.